The summed E-state index contributed by atoms with van der Waals surface area (Å²) in [6.07, 6.45) is 0.586. The van der Waals surface area contributed by atoms with Gasteiger partial charge < -0.3 is 5.73 Å². The number of hydrogen-bond acceptors (Lipinski definition) is 3. The van der Waals surface area contributed by atoms with Crippen LogP contribution in [0.1, 0.15) is 16.5 Å². The van der Waals surface area contributed by atoms with Crippen molar-refractivity contribution in [2.75, 3.05) is 6.54 Å². The van der Waals surface area contributed by atoms with Gasteiger partial charge in [0.15, 0.2) is 0 Å². The summed E-state index contributed by atoms with van der Waals surface area (Å²) in [5.74, 6) is -0.114. The van der Waals surface area contributed by atoms with E-state index < -0.39 is 0 Å². The van der Waals surface area contributed by atoms with Crippen LogP contribution in [0.25, 0.3) is 10.2 Å². The van der Waals surface area contributed by atoms with E-state index in [4.69, 9.17) is 5.73 Å². The molecule has 0 saturated heterocycles. The Labute approximate surface area is 121 Å². The maximum absolute atomic E-state index is 13.7. The zero-order chi connectivity index (χ0) is 13.9. The summed E-state index contributed by atoms with van der Waals surface area (Å²) in [6.45, 7) is 0.466. The molecule has 0 fully saturated rings. The largest absolute Gasteiger partial charge is 0.330 e. The average molecular weight is 286 g/mol. The van der Waals surface area contributed by atoms with Crippen molar-refractivity contribution in [3.05, 3.63) is 64.9 Å². The highest BCUT2D eigenvalue weighted by Crippen LogP contribution is 2.29. The van der Waals surface area contributed by atoms with Gasteiger partial charge >= 0.3 is 0 Å². The van der Waals surface area contributed by atoms with Gasteiger partial charge in [-0.2, -0.15) is 0 Å². The van der Waals surface area contributed by atoms with E-state index in [-0.39, 0.29) is 11.7 Å². The Balaban J connectivity index is 1.91. The molecular weight excluding hydrogens is 271 g/mol. The molecule has 2 aromatic carbocycles. The molecule has 3 aromatic rings. The number of fused-ring (bicyclic) bond motifs is 1. The minimum atomic E-state index is -0.174. The van der Waals surface area contributed by atoms with Gasteiger partial charge in [0.05, 0.1) is 15.2 Å². The molecule has 0 aliphatic rings. The van der Waals surface area contributed by atoms with Crippen molar-refractivity contribution in [3.63, 3.8) is 0 Å². The number of hydrogen-bond donors (Lipinski definition) is 1. The van der Waals surface area contributed by atoms with Gasteiger partial charge in [0.1, 0.15) is 5.82 Å². The van der Waals surface area contributed by atoms with E-state index in [0.29, 0.717) is 18.5 Å². The van der Waals surface area contributed by atoms with Crippen LogP contribution in [0.3, 0.4) is 0 Å². The number of thiazole rings is 1. The van der Waals surface area contributed by atoms with E-state index in [2.05, 4.69) is 4.98 Å². The van der Waals surface area contributed by atoms with Gasteiger partial charge in [-0.05, 0) is 30.2 Å². The number of nitrogens with two attached hydrogens (primary N) is 1. The quantitative estimate of drug-likeness (QED) is 0.794. The molecule has 0 saturated carbocycles. The summed E-state index contributed by atoms with van der Waals surface area (Å²) in [5.41, 5.74) is 7.55. The molecule has 1 atom stereocenters. The molecule has 3 rings (SSSR count). The molecule has 0 aliphatic carbocycles. The fourth-order valence-corrected chi connectivity index (χ4v) is 3.35. The second-order valence-corrected chi connectivity index (χ2v) is 5.81. The zero-order valence-electron chi connectivity index (χ0n) is 10.9. The van der Waals surface area contributed by atoms with Gasteiger partial charge in [0.2, 0.25) is 0 Å². The highest BCUT2D eigenvalue weighted by atomic mass is 32.1. The zero-order valence-corrected chi connectivity index (χ0v) is 11.7. The molecule has 102 valence electrons. The third-order valence-corrected chi connectivity index (χ3v) is 4.57. The fourth-order valence-electron chi connectivity index (χ4n) is 2.27. The number of benzene rings is 2. The van der Waals surface area contributed by atoms with Gasteiger partial charge in [-0.25, -0.2) is 9.37 Å². The van der Waals surface area contributed by atoms with Crippen molar-refractivity contribution in [1.29, 1.82) is 0 Å². The van der Waals surface area contributed by atoms with Gasteiger partial charge in [0.25, 0.3) is 0 Å². The van der Waals surface area contributed by atoms with Gasteiger partial charge in [-0.3, -0.25) is 0 Å². The van der Waals surface area contributed by atoms with Gasteiger partial charge in [-0.1, -0.05) is 30.3 Å². The second-order valence-electron chi connectivity index (χ2n) is 4.75. The Bertz CT molecular complexity index is 690. The summed E-state index contributed by atoms with van der Waals surface area (Å²) < 4.78 is 14.9. The van der Waals surface area contributed by atoms with E-state index in [9.17, 15) is 4.39 Å². The molecule has 0 radical (unpaired) electrons. The number of para-hydroxylation sites is 1. The predicted molar refractivity (Wildman–Crippen MR) is 81.5 cm³/mol. The first kappa shape index (κ1) is 13.2. The van der Waals surface area contributed by atoms with Crippen LogP contribution in [0.2, 0.25) is 0 Å². The summed E-state index contributed by atoms with van der Waals surface area (Å²) in [6, 6.07) is 14.9. The molecule has 20 heavy (non-hydrogen) atoms. The summed E-state index contributed by atoms with van der Waals surface area (Å²) in [7, 11) is 0. The van der Waals surface area contributed by atoms with E-state index in [1.807, 2.05) is 36.4 Å². The Morgan fingerprint density at radius 2 is 1.85 bits per heavy atom. The smallest absolute Gasteiger partial charge is 0.126 e. The van der Waals surface area contributed by atoms with E-state index in [1.54, 1.807) is 17.4 Å². The fraction of sp³-hybridized carbons (Fsp3) is 0.188. The SMILES string of the molecule is NCC(Cc1ccccc1F)c1nc2ccccc2s1. The van der Waals surface area contributed by atoms with Crippen LogP contribution in [-0.2, 0) is 6.42 Å². The van der Waals surface area contributed by atoms with Gasteiger partial charge in [0, 0.05) is 12.5 Å². The normalized spacial score (nSPS) is 12.7. The molecule has 0 spiro atoms. The highest BCUT2D eigenvalue weighted by molar-refractivity contribution is 7.18. The predicted octanol–water partition coefficient (Wildman–Crippen LogP) is 3.72. The third kappa shape index (κ3) is 2.57. The lowest BCUT2D eigenvalue weighted by Crippen LogP contribution is -2.15. The summed E-state index contributed by atoms with van der Waals surface area (Å²) in [5, 5.41) is 0.983. The molecule has 1 heterocycles. The minimum Gasteiger partial charge on any atom is -0.330 e. The Kier molecular flexibility index (Phi) is 3.76. The maximum Gasteiger partial charge on any atom is 0.126 e. The Morgan fingerprint density at radius 1 is 1.10 bits per heavy atom. The van der Waals surface area contributed by atoms with E-state index in [1.165, 1.54) is 6.07 Å². The first-order chi connectivity index (χ1) is 9.78. The molecule has 2 nitrogen and oxygen atoms in total. The average Bonchev–Trinajstić information content (AvgIpc) is 2.90. The molecule has 2 N–H and O–H groups in total. The molecule has 0 bridgehead atoms. The van der Waals surface area contributed by atoms with Crippen LogP contribution < -0.4 is 5.73 Å². The van der Waals surface area contributed by atoms with Crippen molar-refractivity contribution < 1.29 is 4.39 Å². The van der Waals surface area contributed by atoms with Gasteiger partial charge in [-0.15, -0.1) is 11.3 Å². The number of aromatic nitrogens is 1. The molecule has 1 aromatic heterocycles. The molecule has 4 heteroatoms. The lowest BCUT2D eigenvalue weighted by molar-refractivity contribution is 0.590. The molecule has 0 aliphatic heterocycles. The molecular formula is C16H15FN2S. The first-order valence-electron chi connectivity index (χ1n) is 6.57. The van der Waals surface area contributed by atoms with Crippen molar-refractivity contribution in [2.45, 2.75) is 12.3 Å². The Morgan fingerprint density at radius 3 is 2.60 bits per heavy atom. The first-order valence-corrected chi connectivity index (χ1v) is 7.38. The highest BCUT2D eigenvalue weighted by Gasteiger charge is 2.17. The van der Waals surface area contributed by atoms with Crippen molar-refractivity contribution in [1.82, 2.24) is 4.98 Å². The molecule has 0 amide bonds. The van der Waals surface area contributed by atoms with Crippen LogP contribution in [0.4, 0.5) is 4.39 Å². The van der Waals surface area contributed by atoms with Crippen LogP contribution in [0.5, 0.6) is 0 Å². The van der Waals surface area contributed by atoms with Crippen LogP contribution in [-0.4, -0.2) is 11.5 Å². The lowest BCUT2D eigenvalue weighted by atomic mass is 9.99. The topological polar surface area (TPSA) is 38.9 Å². The number of rotatable bonds is 4. The van der Waals surface area contributed by atoms with Crippen molar-refractivity contribution in [2.24, 2.45) is 5.73 Å². The molecule has 1 unspecified atom stereocenters. The number of nitrogens with zero attached hydrogens (tertiary/aromatic N) is 1. The van der Waals surface area contributed by atoms with E-state index >= 15 is 0 Å². The van der Waals surface area contributed by atoms with Crippen LogP contribution in [0, 0.1) is 5.82 Å². The minimum absolute atomic E-state index is 0.0595. The summed E-state index contributed by atoms with van der Waals surface area (Å²) in [4.78, 5) is 4.63. The van der Waals surface area contributed by atoms with E-state index in [0.717, 1.165) is 15.2 Å². The third-order valence-electron chi connectivity index (χ3n) is 3.37. The maximum atomic E-state index is 13.7. The second kappa shape index (κ2) is 5.69. The summed E-state index contributed by atoms with van der Waals surface area (Å²) >= 11 is 1.64. The number of halogens is 1. The Hall–Kier alpha value is -1.78. The van der Waals surface area contributed by atoms with Crippen molar-refractivity contribution >= 4 is 21.6 Å². The monoisotopic (exact) mass is 286 g/mol. The van der Waals surface area contributed by atoms with Crippen molar-refractivity contribution in [3.8, 4) is 0 Å². The lowest BCUT2D eigenvalue weighted by Gasteiger charge is -2.12. The van der Waals surface area contributed by atoms with Crippen LogP contribution >= 0.6 is 11.3 Å². The van der Waals surface area contributed by atoms with Crippen LogP contribution in [0.15, 0.2) is 48.5 Å². The standard InChI is InChI=1S/C16H15FN2S/c17-13-6-2-1-5-11(13)9-12(10-18)16-19-14-7-3-4-8-15(14)20-16/h1-8,12H,9-10,18H2.